The molecule has 2 N–H and O–H groups in total. The summed E-state index contributed by atoms with van der Waals surface area (Å²) in [6.45, 7) is 3.29. The quantitative estimate of drug-likeness (QED) is 0.176. The molecule has 6 rings (SSSR count). The molecule has 0 aromatic heterocycles. The second-order valence-electron chi connectivity index (χ2n) is 10.4. The van der Waals surface area contributed by atoms with Gasteiger partial charge in [0.25, 0.3) is 0 Å². The van der Waals surface area contributed by atoms with Crippen molar-refractivity contribution in [1.82, 2.24) is 0 Å². The van der Waals surface area contributed by atoms with Crippen molar-refractivity contribution in [2.24, 2.45) is 0 Å². The molecule has 0 saturated carbocycles. The molecule has 5 nitrogen and oxygen atoms in total. The van der Waals surface area contributed by atoms with Gasteiger partial charge in [-0.15, -0.1) is 0 Å². The van der Waals surface area contributed by atoms with Gasteiger partial charge in [-0.05, 0) is 47.4 Å². The highest BCUT2D eigenvalue weighted by atomic mass is 16.5. The normalized spacial score (nSPS) is 12.3. The fourth-order valence-corrected chi connectivity index (χ4v) is 4.99. The van der Waals surface area contributed by atoms with Crippen LogP contribution in [0.4, 0.5) is 5.69 Å². The molecule has 1 aliphatic rings. The van der Waals surface area contributed by atoms with Gasteiger partial charge in [0.1, 0.15) is 37.1 Å². The van der Waals surface area contributed by atoms with Crippen LogP contribution >= 0.6 is 0 Å². The molecule has 0 fully saturated rings. The largest absolute Gasteiger partial charge is 0.489 e. The Labute approximate surface area is 246 Å². The van der Waals surface area contributed by atoms with Crippen molar-refractivity contribution in [1.29, 1.82) is 0 Å². The number of allylic oxidation sites excluding steroid dienone is 1. The van der Waals surface area contributed by atoms with Gasteiger partial charge in [-0.3, -0.25) is 0 Å². The molecule has 5 heteroatoms. The highest BCUT2D eigenvalue weighted by Gasteiger charge is 2.27. The van der Waals surface area contributed by atoms with Gasteiger partial charge < -0.3 is 24.7 Å². The van der Waals surface area contributed by atoms with E-state index in [0.29, 0.717) is 54.9 Å². The maximum atomic E-state index is 6.58. The SMILES string of the molecule is Cc1cc(N)c2c(c1)CC(OCc1ccccc1)=C(c1ccc(OCc3ccccc3)cc1OCc1ccccc1)O2. The third kappa shape index (κ3) is 6.42. The molecule has 0 aliphatic carbocycles. The van der Waals surface area contributed by atoms with Crippen LogP contribution in [0, 0.1) is 6.92 Å². The van der Waals surface area contributed by atoms with E-state index in [9.17, 15) is 0 Å². The summed E-state index contributed by atoms with van der Waals surface area (Å²) in [5, 5.41) is 0. The van der Waals surface area contributed by atoms with Gasteiger partial charge >= 0.3 is 0 Å². The first kappa shape index (κ1) is 27.0. The Hall–Kier alpha value is -5.16. The van der Waals surface area contributed by atoms with Crippen LogP contribution in [0.25, 0.3) is 5.76 Å². The predicted molar refractivity (Wildman–Crippen MR) is 166 cm³/mol. The van der Waals surface area contributed by atoms with Crippen LogP contribution in [0.5, 0.6) is 17.2 Å². The predicted octanol–water partition coefficient (Wildman–Crippen LogP) is 8.26. The first-order valence-electron chi connectivity index (χ1n) is 14.1. The monoisotopic (exact) mass is 555 g/mol. The summed E-state index contributed by atoms with van der Waals surface area (Å²) < 4.78 is 25.6. The van der Waals surface area contributed by atoms with Crippen molar-refractivity contribution >= 4 is 11.4 Å². The van der Waals surface area contributed by atoms with Crippen molar-refractivity contribution in [3.05, 3.63) is 160 Å². The van der Waals surface area contributed by atoms with E-state index in [4.69, 9.17) is 24.7 Å². The van der Waals surface area contributed by atoms with Crippen LogP contribution < -0.4 is 19.9 Å². The van der Waals surface area contributed by atoms with Crippen LogP contribution in [-0.4, -0.2) is 0 Å². The molecule has 0 radical (unpaired) electrons. The van der Waals surface area contributed by atoms with Gasteiger partial charge in [0.15, 0.2) is 11.5 Å². The van der Waals surface area contributed by atoms with Crippen molar-refractivity contribution < 1.29 is 18.9 Å². The van der Waals surface area contributed by atoms with Crippen LogP contribution in [0.3, 0.4) is 0 Å². The lowest BCUT2D eigenvalue weighted by molar-refractivity contribution is 0.184. The molecule has 1 heterocycles. The Bertz CT molecular complexity index is 1680. The van der Waals surface area contributed by atoms with Gasteiger partial charge in [-0.1, -0.05) is 97.1 Å². The number of aryl methyl sites for hydroxylation is 1. The first-order chi connectivity index (χ1) is 20.6. The van der Waals surface area contributed by atoms with Crippen LogP contribution in [0.1, 0.15) is 33.4 Å². The lowest BCUT2D eigenvalue weighted by Crippen LogP contribution is -2.15. The molecular formula is C37H33NO4. The third-order valence-electron chi connectivity index (χ3n) is 7.09. The smallest absolute Gasteiger partial charge is 0.176 e. The third-order valence-corrected chi connectivity index (χ3v) is 7.09. The second-order valence-corrected chi connectivity index (χ2v) is 10.4. The highest BCUT2D eigenvalue weighted by molar-refractivity contribution is 5.75. The summed E-state index contributed by atoms with van der Waals surface area (Å²) in [6.07, 6.45) is 0.549. The molecule has 210 valence electrons. The zero-order valence-electron chi connectivity index (χ0n) is 23.6. The van der Waals surface area contributed by atoms with Gasteiger partial charge in [0, 0.05) is 18.1 Å². The van der Waals surface area contributed by atoms with E-state index in [-0.39, 0.29) is 0 Å². The minimum atomic E-state index is 0.390. The molecule has 0 amide bonds. The van der Waals surface area contributed by atoms with Gasteiger partial charge in [0.05, 0.1) is 11.3 Å². The lowest BCUT2D eigenvalue weighted by atomic mass is 9.99. The number of rotatable bonds is 10. The first-order valence-corrected chi connectivity index (χ1v) is 14.1. The Morgan fingerprint density at radius 1 is 0.643 bits per heavy atom. The van der Waals surface area contributed by atoms with Crippen molar-refractivity contribution in [2.45, 2.75) is 33.2 Å². The number of benzene rings is 5. The Morgan fingerprint density at radius 3 is 1.83 bits per heavy atom. The lowest BCUT2D eigenvalue weighted by Gasteiger charge is -2.26. The topological polar surface area (TPSA) is 62.9 Å². The number of nitrogen functional groups attached to an aromatic ring is 1. The van der Waals surface area contributed by atoms with Gasteiger partial charge in [-0.25, -0.2) is 0 Å². The fraction of sp³-hybridized carbons (Fsp3) is 0.135. The summed E-state index contributed by atoms with van der Waals surface area (Å²) in [4.78, 5) is 0. The maximum absolute atomic E-state index is 6.58. The summed E-state index contributed by atoms with van der Waals surface area (Å²) in [5.41, 5.74) is 13.1. The van der Waals surface area contributed by atoms with E-state index in [0.717, 1.165) is 39.1 Å². The number of fused-ring (bicyclic) bond motifs is 1. The molecule has 5 aromatic carbocycles. The number of nitrogens with two attached hydrogens (primary N) is 1. The summed E-state index contributed by atoms with van der Waals surface area (Å²) in [5.74, 6) is 3.30. The van der Waals surface area contributed by atoms with E-state index in [1.807, 2.05) is 122 Å². The number of hydrogen-bond donors (Lipinski definition) is 1. The maximum Gasteiger partial charge on any atom is 0.176 e. The van der Waals surface area contributed by atoms with E-state index < -0.39 is 0 Å². The summed E-state index contributed by atoms with van der Waals surface area (Å²) in [7, 11) is 0. The summed E-state index contributed by atoms with van der Waals surface area (Å²) >= 11 is 0. The molecule has 1 aliphatic heterocycles. The highest BCUT2D eigenvalue weighted by Crippen LogP contribution is 2.43. The van der Waals surface area contributed by atoms with E-state index in [1.165, 1.54) is 0 Å². The average molecular weight is 556 g/mol. The number of anilines is 1. The molecule has 5 aromatic rings. The summed E-state index contributed by atoms with van der Waals surface area (Å²) in [6, 6.07) is 40.1. The average Bonchev–Trinajstić information content (AvgIpc) is 3.03. The second kappa shape index (κ2) is 12.6. The van der Waals surface area contributed by atoms with Crippen LogP contribution in [0.2, 0.25) is 0 Å². The molecule has 42 heavy (non-hydrogen) atoms. The van der Waals surface area contributed by atoms with Gasteiger partial charge in [-0.2, -0.15) is 0 Å². The fourth-order valence-electron chi connectivity index (χ4n) is 4.99. The Morgan fingerprint density at radius 2 is 1.21 bits per heavy atom. The molecule has 0 bridgehead atoms. The van der Waals surface area contributed by atoms with E-state index in [1.54, 1.807) is 0 Å². The van der Waals surface area contributed by atoms with Crippen LogP contribution in [-0.2, 0) is 31.0 Å². The van der Waals surface area contributed by atoms with Crippen molar-refractivity contribution in [3.63, 3.8) is 0 Å². The Kier molecular flexibility index (Phi) is 8.09. The molecule has 0 atom stereocenters. The number of hydrogen-bond acceptors (Lipinski definition) is 5. The standard InChI is InChI=1S/C37H33NO4/c1-26-19-30-21-35(41-25-29-15-9-4-10-16-29)37(42-36(30)33(38)20-26)32-18-17-31(39-23-27-11-5-2-6-12-27)22-34(32)40-24-28-13-7-3-8-14-28/h2-20,22H,21,23-25,38H2,1H3. The minimum Gasteiger partial charge on any atom is -0.489 e. The van der Waals surface area contributed by atoms with E-state index in [2.05, 4.69) is 6.07 Å². The van der Waals surface area contributed by atoms with Crippen molar-refractivity contribution in [2.75, 3.05) is 5.73 Å². The number of ether oxygens (including phenoxy) is 4. The molecule has 0 spiro atoms. The minimum absolute atomic E-state index is 0.390. The zero-order chi connectivity index (χ0) is 28.7. The van der Waals surface area contributed by atoms with E-state index >= 15 is 0 Å². The zero-order valence-corrected chi connectivity index (χ0v) is 23.6. The molecule has 0 unspecified atom stereocenters. The molecular weight excluding hydrogens is 522 g/mol. The van der Waals surface area contributed by atoms with Crippen LogP contribution in [0.15, 0.2) is 127 Å². The van der Waals surface area contributed by atoms with Crippen molar-refractivity contribution in [3.8, 4) is 17.2 Å². The molecule has 0 saturated heterocycles. The Balaban J connectivity index is 1.37. The van der Waals surface area contributed by atoms with Gasteiger partial charge in [0.2, 0.25) is 0 Å².